The molecule has 0 radical (unpaired) electrons. The molecular weight excluding hydrogens is 250 g/mol. The number of rotatable bonds is 4. The summed E-state index contributed by atoms with van der Waals surface area (Å²) in [7, 11) is 0. The molecule has 0 fully saturated rings. The molecule has 1 N–H and O–H groups in total. The maximum atomic E-state index is 10.6. The van der Waals surface area contributed by atoms with Crippen molar-refractivity contribution in [1.29, 1.82) is 0 Å². The molecule has 0 spiro atoms. The summed E-state index contributed by atoms with van der Waals surface area (Å²) in [6, 6.07) is 10.2. The highest BCUT2D eigenvalue weighted by atomic mass is 32.1. The van der Waals surface area contributed by atoms with Crippen LogP contribution in [0.25, 0.3) is 0 Å². The smallest absolute Gasteiger partial charge is 0.271 e. The summed E-state index contributed by atoms with van der Waals surface area (Å²) in [5.74, 6) is 0. The van der Waals surface area contributed by atoms with Gasteiger partial charge in [0.25, 0.3) is 5.69 Å². The summed E-state index contributed by atoms with van der Waals surface area (Å²) in [5, 5.41) is 14.6. The third-order valence-corrected chi connectivity index (χ3v) is 3.14. The molecule has 0 saturated carbocycles. The van der Waals surface area contributed by atoms with Crippen LogP contribution in [0.5, 0.6) is 0 Å². The van der Waals surface area contributed by atoms with Gasteiger partial charge in [-0.05, 0) is 25.1 Å². The van der Waals surface area contributed by atoms with Gasteiger partial charge in [-0.25, -0.2) is 0 Å². The third kappa shape index (κ3) is 3.14. The van der Waals surface area contributed by atoms with Gasteiger partial charge in [-0.1, -0.05) is 6.07 Å². The van der Waals surface area contributed by atoms with E-state index in [1.54, 1.807) is 29.7 Å². The molecule has 0 amide bonds. The Morgan fingerprint density at radius 3 is 2.89 bits per heavy atom. The van der Waals surface area contributed by atoms with Crippen LogP contribution in [0.15, 0.2) is 41.5 Å². The van der Waals surface area contributed by atoms with Gasteiger partial charge in [0.05, 0.1) is 16.8 Å². The number of nitro benzene ring substituents is 1. The lowest BCUT2D eigenvalue weighted by atomic mass is 10.3. The highest BCUT2D eigenvalue weighted by molar-refractivity contribution is 7.13. The minimum Gasteiger partial charge on any atom is -0.278 e. The van der Waals surface area contributed by atoms with Crippen molar-refractivity contribution in [3.05, 3.63) is 56.3 Å². The SMILES string of the molecule is Cc1ccc(C=NNc2cccc([N+](=O)[O-])c2)s1. The van der Waals surface area contributed by atoms with Gasteiger partial charge in [0.15, 0.2) is 0 Å². The van der Waals surface area contributed by atoms with Crippen LogP contribution in [0.1, 0.15) is 9.75 Å². The number of nitrogens with one attached hydrogen (secondary N) is 1. The molecule has 0 saturated heterocycles. The zero-order chi connectivity index (χ0) is 13.0. The fourth-order valence-electron chi connectivity index (χ4n) is 1.38. The Labute approximate surface area is 108 Å². The van der Waals surface area contributed by atoms with Crippen molar-refractivity contribution in [3.8, 4) is 0 Å². The summed E-state index contributed by atoms with van der Waals surface area (Å²) >= 11 is 1.63. The Morgan fingerprint density at radius 1 is 1.39 bits per heavy atom. The lowest BCUT2D eigenvalue weighted by Gasteiger charge is -1.98. The standard InChI is InChI=1S/C12H11N3O2S/c1-9-5-6-12(18-9)8-13-14-10-3-2-4-11(7-10)15(16)17/h2-8,14H,1H3. The highest BCUT2D eigenvalue weighted by Crippen LogP contribution is 2.17. The summed E-state index contributed by atoms with van der Waals surface area (Å²) in [5.41, 5.74) is 3.40. The van der Waals surface area contributed by atoms with Crippen LogP contribution in [0, 0.1) is 17.0 Å². The molecule has 0 atom stereocenters. The first-order valence-electron chi connectivity index (χ1n) is 5.25. The van der Waals surface area contributed by atoms with E-state index in [9.17, 15) is 10.1 Å². The van der Waals surface area contributed by atoms with E-state index in [1.807, 2.05) is 19.1 Å². The monoisotopic (exact) mass is 261 g/mol. The third-order valence-electron chi connectivity index (χ3n) is 2.20. The Kier molecular flexibility index (Phi) is 3.69. The average Bonchev–Trinajstić information content (AvgIpc) is 2.75. The van der Waals surface area contributed by atoms with Crippen molar-refractivity contribution in [1.82, 2.24) is 0 Å². The van der Waals surface area contributed by atoms with Crippen LogP contribution in [-0.2, 0) is 0 Å². The molecule has 0 unspecified atom stereocenters. The number of hydrazone groups is 1. The van der Waals surface area contributed by atoms with Gasteiger partial charge >= 0.3 is 0 Å². The first kappa shape index (κ1) is 12.3. The first-order valence-corrected chi connectivity index (χ1v) is 6.07. The number of non-ortho nitro benzene ring substituents is 1. The van der Waals surface area contributed by atoms with Gasteiger partial charge in [0.2, 0.25) is 0 Å². The molecule has 1 aromatic heterocycles. The number of nitrogens with zero attached hydrogens (tertiary/aromatic N) is 2. The normalized spacial score (nSPS) is 10.7. The Balaban J connectivity index is 2.04. The molecule has 0 bridgehead atoms. The molecule has 6 heteroatoms. The molecule has 1 aromatic carbocycles. The van der Waals surface area contributed by atoms with E-state index in [-0.39, 0.29) is 5.69 Å². The topological polar surface area (TPSA) is 67.5 Å². The van der Waals surface area contributed by atoms with Crippen molar-refractivity contribution in [2.24, 2.45) is 5.10 Å². The molecule has 5 nitrogen and oxygen atoms in total. The average molecular weight is 261 g/mol. The van der Waals surface area contributed by atoms with Crippen LogP contribution in [0.2, 0.25) is 0 Å². The van der Waals surface area contributed by atoms with Gasteiger partial charge < -0.3 is 0 Å². The van der Waals surface area contributed by atoms with Crippen molar-refractivity contribution < 1.29 is 4.92 Å². The second-order valence-electron chi connectivity index (χ2n) is 3.63. The first-order chi connectivity index (χ1) is 8.65. The highest BCUT2D eigenvalue weighted by Gasteiger charge is 2.04. The number of anilines is 1. The van der Waals surface area contributed by atoms with E-state index < -0.39 is 4.92 Å². The van der Waals surface area contributed by atoms with Crippen molar-refractivity contribution in [2.45, 2.75) is 6.92 Å². The lowest BCUT2D eigenvalue weighted by molar-refractivity contribution is -0.384. The van der Waals surface area contributed by atoms with Gasteiger partial charge in [-0.2, -0.15) is 5.10 Å². The van der Waals surface area contributed by atoms with E-state index in [4.69, 9.17) is 0 Å². The largest absolute Gasteiger partial charge is 0.278 e. The van der Waals surface area contributed by atoms with Gasteiger partial charge in [0, 0.05) is 21.9 Å². The van der Waals surface area contributed by atoms with E-state index in [2.05, 4.69) is 10.5 Å². The summed E-state index contributed by atoms with van der Waals surface area (Å²) in [4.78, 5) is 12.4. The number of nitro groups is 1. The van der Waals surface area contributed by atoms with Crippen molar-refractivity contribution in [2.75, 3.05) is 5.43 Å². The molecule has 0 aliphatic heterocycles. The summed E-state index contributed by atoms with van der Waals surface area (Å²) < 4.78 is 0. The zero-order valence-corrected chi connectivity index (χ0v) is 10.5. The molecule has 18 heavy (non-hydrogen) atoms. The summed E-state index contributed by atoms with van der Waals surface area (Å²) in [6.45, 7) is 2.02. The molecule has 2 aromatic rings. The number of hydrogen-bond donors (Lipinski definition) is 1. The van der Waals surface area contributed by atoms with E-state index >= 15 is 0 Å². The van der Waals surface area contributed by atoms with Gasteiger partial charge in [0.1, 0.15) is 0 Å². The molecule has 1 heterocycles. The number of benzene rings is 1. The van der Waals surface area contributed by atoms with Crippen LogP contribution in [-0.4, -0.2) is 11.1 Å². The Hall–Kier alpha value is -2.21. The maximum Gasteiger partial charge on any atom is 0.271 e. The van der Waals surface area contributed by atoms with Crippen molar-refractivity contribution >= 4 is 28.9 Å². The van der Waals surface area contributed by atoms with Crippen LogP contribution in [0.4, 0.5) is 11.4 Å². The molecule has 0 aliphatic carbocycles. The van der Waals surface area contributed by atoms with Crippen molar-refractivity contribution in [3.63, 3.8) is 0 Å². The molecular formula is C12H11N3O2S. The predicted molar refractivity (Wildman–Crippen MR) is 73.4 cm³/mol. The lowest BCUT2D eigenvalue weighted by Crippen LogP contribution is -1.92. The molecule has 92 valence electrons. The second-order valence-corrected chi connectivity index (χ2v) is 4.95. The molecule has 2 rings (SSSR count). The Morgan fingerprint density at radius 2 is 2.22 bits per heavy atom. The minimum atomic E-state index is -0.433. The second kappa shape index (κ2) is 5.42. The van der Waals surface area contributed by atoms with E-state index in [0.717, 1.165) is 4.88 Å². The fourth-order valence-corrected chi connectivity index (χ4v) is 2.13. The predicted octanol–water partition coefficient (Wildman–Crippen LogP) is 3.41. The van der Waals surface area contributed by atoms with Crippen LogP contribution >= 0.6 is 11.3 Å². The summed E-state index contributed by atoms with van der Waals surface area (Å²) in [6.07, 6.45) is 1.69. The van der Waals surface area contributed by atoms with E-state index in [0.29, 0.717) is 5.69 Å². The van der Waals surface area contributed by atoms with Gasteiger partial charge in [-0.15, -0.1) is 11.3 Å². The quantitative estimate of drug-likeness (QED) is 0.521. The fraction of sp³-hybridized carbons (Fsp3) is 0.0833. The zero-order valence-electron chi connectivity index (χ0n) is 9.66. The van der Waals surface area contributed by atoms with Crippen LogP contribution in [0.3, 0.4) is 0 Å². The van der Waals surface area contributed by atoms with Gasteiger partial charge in [-0.3, -0.25) is 15.5 Å². The van der Waals surface area contributed by atoms with Crippen LogP contribution < -0.4 is 5.43 Å². The molecule has 0 aliphatic rings. The number of aryl methyl sites for hydroxylation is 1. The minimum absolute atomic E-state index is 0.0437. The number of thiophene rings is 1. The Bertz CT molecular complexity index is 593. The van der Waals surface area contributed by atoms with E-state index in [1.165, 1.54) is 17.0 Å². The maximum absolute atomic E-state index is 10.6. The number of hydrogen-bond acceptors (Lipinski definition) is 5.